The number of rotatable bonds is 5. The van der Waals surface area contributed by atoms with Crippen LogP contribution in [0.4, 0.5) is 0 Å². The Morgan fingerprint density at radius 3 is 2.15 bits per heavy atom. The van der Waals surface area contributed by atoms with Crippen molar-refractivity contribution in [1.82, 2.24) is 4.90 Å². The zero-order valence-corrected chi connectivity index (χ0v) is 8.80. The molecular formula is C11H24N2. The van der Waals surface area contributed by atoms with Crippen molar-refractivity contribution in [1.29, 1.82) is 0 Å². The molecule has 0 radical (unpaired) electrons. The van der Waals surface area contributed by atoms with Gasteiger partial charge >= 0.3 is 0 Å². The van der Waals surface area contributed by atoms with Crippen molar-refractivity contribution < 1.29 is 0 Å². The molecular weight excluding hydrogens is 160 g/mol. The molecule has 0 aromatic carbocycles. The smallest absolute Gasteiger partial charge is 0.00187 e. The normalized spacial score (nSPS) is 20.1. The van der Waals surface area contributed by atoms with Crippen LogP contribution < -0.4 is 5.73 Å². The molecule has 0 saturated carbocycles. The molecule has 0 spiro atoms. The van der Waals surface area contributed by atoms with Gasteiger partial charge in [-0.25, -0.2) is 0 Å². The third kappa shape index (κ3) is 5.27. The highest BCUT2D eigenvalue weighted by atomic mass is 15.1. The first kappa shape index (κ1) is 11.0. The van der Waals surface area contributed by atoms with E-state index in [0.29, 0.717) is 0 Å². The van der Waals surface area contributed by atoms with Gasteiger partial charge in [-0.3, -0.25) is 0 Å². The van der Waals surface area contributed by atoms with Gasteiger partial charge in [0.1, 0.15) is 0 Å². The van der Waals surface area contributed by atoms with Crippen LogP contribution in [0.3, 0.4) is 0 Å². The Hall–Kier alpha value is -0.0800. The highest BCUT2D eigenvalue weighted by Gasteiger charge is 2.07. The summed E-state index contributed by atoms with van der Waals surface area (Å²) in [4.78, 5) is 2.63. The second-order valence-electron chi connectivity index (χ2n) is 4.11. The van der Waals surface area contributed by atoms with Gasteiger partial charge in [-0.2, -0.15) is 0 Å². The van der Waals surface area contributed by atoms with Gasteiger partial charge in [0.05, 0.1) is 0 Å². The molecule has 0 aromatic heterocycles. The lowest BCUT2D eigenvalue weighted by molar-refractivity contribution is 0.278. The molecule has 1 fully saturated rings. The predicted molar refractivity (Wildman–Crippen MR) is 57.8 cm³/mol. The molecule has 2 heteroatoms. The Morgan fingerprint density at radius 1 is 0.846 bits per heavy atom. The van der Waals surface area contributed by atoms with Gasteiger partial charge in [0, 0.05) is 0 Å². The molecule has 0 bridgehead atoms. The number of nitrogens with zero attached hydrogens (tertiary/aromatic N) is 1. The highest BCUT2D eigenvalue weighted by molar-refractivity contribution is 4.63. The first-order valence-corrected chi connectivity index (χ1v) is 5.86. The average Bonchev–Trinajstić information content (AvgIpc) is 2.41. The van der Waals surface area contributed by atoms with E-state index in [2.05, 4.69) is 4.90 Å². The van der Waals surface area contributed by atoms with Gasteiger partial charge in [-0.1, -0.05) is 19.3 Å². The molecule has 78 valence electrons. The number of likely N-dealkylation sites (tertiary alicyclic amines) is 1. The van der Waals surface area contributed by atoms with Crippen molar-refractivity contribution >= 4 is 0 Å². The largest absolute Gasteiger partial charge is 0.330 e. The highest BCUT2D eigenvalue weighted by Crippen LogP contribution is 2.10. The zero-order chi connectivity index (χ0) is 9.36. The Kier molecular flexibility index (Phi) is 6.21. The van der Waals surface area contributed by atoms with E-state index in [1.54, 1.807) is 0 Å². The van der Waals surface area contributed by atoms with E-state index in [4.69, 9.17) is 5.73 Å². The Morgan fingerprint density at radius 2 is 1.54 bits per heavy atom. The summed E-state index contributed by atoms with van der Waals surface area (Å²) < 4.78 is 0. The quantitative estimate of drug-likeness (QED) is 0.662. The summed E-state index contributed by atoms with van der Waals surface area (Å²) in [6, 6.07) is 0. The minimum Gasteiger partial charge on any atom is -0.330 e. The van der Waals surface area contributed by atoms with Crippen LogP contribution in [0.1, 0.15) is 44.9 Å². The van der Waals surface area contributed by atoms with Crippen LogP contribution in [-0.2, 0) is 0 Å². The van der Waals surface area contributed by atoms with Crippen molar-refractivity contribution in [3.63, 3.8) is 0 Å². The van der Waals surface area contributed by atoms with E-state index in [9.17, 15) is 0 Å². The summed E-state index contributed by atoms with van der Waals surface area (Å²) in [6.07, 6.45) is 9.57. The molecule has 2 nitrogen and oxygen atoms in total. The zero-order valence-electron chi connectivity index (χ0n) is 8.80. The Bertz CT molecular complexity index is 107. The second-order valence-corrected chi connectivity index (χ2v) is 4.11. The molecule has 1 rings (SSSR count). The minimum atomic E-state index is 0.861. The van der Waals surface area contributed by atoms with Crippen LogP contribution in [0.2, 0.25) is 0 Å². The number of hydrogen-bond donors (Lipinski definition) is 1. The molecule has 0 aromatic rings. The molecule has 1 aliphatic heterocycles. The summed E-state index contributed by atoms with van der Waals surface area (Å²) in [6.45, 7) is 4.84. The summed E-state index contributed by atoms with van der Waals surface area (Å²) >= 11 is 0. The van der Waals surface area contributed by atoms with Crippen LogP contribution in [0.25, 0.3) is 0 Å². The molecule has 0 atom stereocenters. The average molecular weight is 184 g/mol. The van der Waals surface area contributed by atoms with E-state index in [1.807, 2.05) is 0 Å². The van der Waals surface area contributed by atoms with Crippen LogP contribution in [0.15, 0.2) is 0 Å². The van der Waals surface area contributed by atoms with Crippen LogP contribution in [-0.4, -0.2) is 31.1 Å². The Balaban J connectivity index is 1.98. The first-order chi connectivity index (χ1) is 6.43. The fourth-order valence-corrected chi connectivity index (χ4v) is 2.02. The second kappa shape index (κ2) is 7.34. The van der Waals surface area contributed by atoms with Crippen molar-refractivity contribution in [2.24, 2.45) is 5.73 Å². The van der Waals surface area contributed by atoms with E-state index >= 15 is 0 Å². The monoisotopic (exact) mass is 184 g/mol. The number of hydrogen-bond acceptors (Lipinski definition) is 2. The fraction of sp³-hybridized carbons (Fsp3) is 1.00. The maximum Gasteiger partial charge on any atom is -0.00187 e. The number of unbranched alkanes of at least 4 members (excludes halogenated alkanes) is 2. The van der Waals surface area contributed by atoms with E-state index in [-0.39, 0.29) is 0 Å². The van der Waals surface area contributed by atoms with Gasteiger partial charge in [-0.15, -0.1) is 0 Å². The third-order valence-electron chi connectivity index (χ3n) is 2.88. The Labute approximate surface area is 82.5 Å². The van der Waals surface area contributed by atoms with Gasteiger partial charge in [0.15, 0.2) is 0 Å². The first-order valence-electron chi connectivity index (χ1n) is 5.86. The van der Waals surface area contributed by atoms with Gasteiger partial charge in [-0.05, 0) is 51.9 Å². The summed E-state index contributed by atoms with van der Waals surface area (Å²) in [5.74, 6) is 0. The maximum absolute atomic E-state index is 5.46. The summed E-state index contributed by atoms with van der Waals surface area (Å²) in [5, 5.41) is 0. The van der Waals surface area contributed by atoms with Crippen molar-refractivity contribution in [2.75, 3.05) is 26.2 Å². The molecule has 1 saturated heterocycles. The summed E-state index contributed by atoms with van der Waals surface area (Å²) in [7, 11) is 0. The van der Waals surface area contributed by atoms with Crippen LogP contribution in [0, 0.1) is 0 Å². The van der Waals surface area contributed by atoms with E-state index in [0.717, 1.165) is 6.54 Å². The number of nitrogens with two attached hydrogens (primary N) is 1. The van der Waals surface area contributed by atoms with E-state index in [1.165, 1.54) is 64.6 Å². The standard InChI is InChI=1S/C11H24N2/c12-8-4-3-7-11-13-9-5-1-2-6-10-13/h1-12H2. The molecule has 0 amide bonds. The third-order valence-corrected chi connectivity index (χ3v) is 2.88. The van der Waals surface area contributed by atoms with Crippen molar-refractivity contribution in [2.45, 2.75) is 44.9 Å². The lowest BCUT2D eigenvalue weighted by Crippen LogP contribution is -2.25. The lowest BCUT2D eigenvalue weighted by Gasteiger charge is -2.19. The van der Waals surface area contributed by atoms with Crippen LogP contribution in [0.5, 0.6) is 0 Å². The molecule has 0 unspecified atom stereocenters. The van der Waals surface area contributed by atoms with E-state index < -0.39 is 0 Å². The van der Waals surface area contributed by atoms with Crippen LogP contribution >= 0.6 is 0 Å². The van der Waals surface area contributed by atoms with Crippen molar-refractivity contribution in [3.8, 4) is 0 Å². The SMILES string of the molecule is NCCCCCN1CCCCCC1. The molecule has 1 heterocycles. The molecule has 2 N–H and O–H groups in total. The van der Waals surface area contributed by atoms with Crippen molar-refractivity contribution in [3.05, 3.63) is 0 Å². The molecule has 0 aliphatic carbocycles. The minimum absolute atomic E-state index is 0.861. The topological polar surface area (TPSA) is 29.3 Å². The maximum atomic E-state index is 5.46. The van der Waals surface area contributed by atoms with Gasteiger partial charge in [0.2, 0.25) is 0 Å². The molecule has 1 aliphatic rings. The molecule has 13 heavy (non-hydrogen) atoms. The van der Waals surface area contributed by atoms with Gasteiger partial charge < -0.3 is 10.6 Å². The van der Waals surface area contributed by atoms with Gasteiger partial charge in [0.25, 0.3) is 0 Å². The summed E-state index contributed by atoms with van der Waals surface area (Å²) in [5.41, 5.74) is 5.46. The lowest BCUT2D eigenvalue weighted by atomic mass is 10.2. The fourth-order valence-electron chi connectivity index (χ4n) is 2.02. The predicted octanol–water partition coefficient (Wildman–Crippen LogP) is 1.99.